The lowest BCUT2D eigenvalue weighted by molar-refractivity contribution is -0.130. The minimum atomic E-state index is -0.107. The molecule has 1 amide bonds. The zero-order valence-electron chi connectivity index (χ0n) is 14.2. The Morgan fingerprint density at radius 1 is 1.17 bits per heavy atom. The largest absolute Gasteiger partial charge is 0.497 e. The van der Waals surface area contributed by atoms with Gasteiger partial charge in [-0.25, -0.2) is 0 Å². The topological polar surface area (TPSA) is 60.8 Å². The molecule has 0 aliphatic carbocycles. The molecule has 0 aliphatic rings. The molecule has 6 nitrogen and oxygen atoms in total. The number of hydrogen-bond acceptors (Lipinski definition) is 4. The second-order valence-corrected chi connectivity index (χ2v) is 5.41. The van der Waals surface area contributed by atoms with Crippen molar-refractivity contribution in [3.05, 3.63) is 58.5 Å². The van der Waals surface area contributed by atoms with Gasteiger partial charge in [-0.15, -0.1) is 0 Å². The number of aromatic nitrogens is 1. The lowest BCUT2D eigenvalue weighted by Gasteiger charge is -2.19. The average Bonchev–Trinajstić information content (AvgIpc) is 2.61. The van der Waals surface area contributed by atoms with Gasteiger partial charge in [-0.1, -0.05) is 6.07 Å². The van der Waals surface area contributed by atoms with Crippen molar-refractivity contribution in [2.75, 3.05) is 21.3 Å². The molecule has 0 fully saturated rings. The molecule has 0 atom stereocenters. The lowest BCUT2D eigenvalue weighted by Crippen LogP contribution is -2.29. The fourth-order valence-electron chi connectivity index (χ4n) is 2.38. The van der Waals surface area contributed by atoms with Gasteiger partial charge >= 0.3 is 0 Å². The zero-order chi connectivity index (χ0) is 17.5. The molecule has 1 aromatic carbocycles. The number of carbonyl (C=O) groups excluding carboxylic acids is 1. The Labute approximate surface area is 141 Å². The van der Waals surface area contributed by atoms with Gasteiger partial charge in [0.1, 0.15) is 11.5 Å². The van der Waals surface area contributed by atoms with E-state index in [0.717, 1.165) is 5.56 Å². The molecule has 2 rings (SSSR count). The summed E-state index contributed by atoms with van der Waals surface area (Å²) in [6.07, 6.45) is 1.95. The maximum atomic E-state index is 12.3. The molecular formula is C18H22N2O4. The zero-order valence-corrected chi connectivity index (χ0v) is 14.2. The fraction of sp³-hybridized carbons (Fsp3) is 0.333. The highest BCUT2D eigenvalue weighted by Crippen LogP contribution is 2.25. The van der Waals surface area contributed by atoms with E-state index in [-0.39, 0.29) is 17.9 Å². The summed E-state index contributed by atoms with van der Waals surface area (Å²) >= 11 is 0. The number of aryl methyl sites for hydroxylation is 1. The maximum absolute atomic E-state index is 12.3. The predicted octanol–water partition coefficient (Wildman–Crippen LogP) is 1.91. The van der Waals surface area contributed by atoms with Crippen LogP contribution in [0.15, 0.2) is 47.4 Å². The van der Waals surface area contributed by atoms with E-state index >= 15 is 0 Å². The molecule has 24 heavy (non-hydrogen) atoms. The first-order valence-corrected chi connectivity index (χ1v) is 7.65. The van der Waals surface area contributed by atoms with Crippen molar-refractivity contribution in [1.82, 2.24) is 9.47 Å². The van der Waals surface area contributed by atoms with Gasteiger partial charge < -0.3 is 18.9 Å². The molecule has 0 saturated heterocycles. The average molecular weight is 330 g/mol. The Kier molecular flexibility index (Phi) is 6.01. The van der Waals surface area contributed by atoms with Crippen LogP contribution in [0.3, 0.4) is 0 Å². The monoisotopic (exact) mass is 330 g/mol. The molecule has 0 aliphatic heterocycles. The number of amides is 1. The molecule has 0 N–H and O–H groups in total. The number of hydrogen-bond donors (Lipinski definition) is 0. The van der Waals surface area contributed by atoms with E-state index in [2.05, 4.69) is 0 Å². The van der Waals surface area contributed by atoms with Crippen molar-refractivity contribution in [3.63, 3.8) is 0 Å². The standard InChI is InChI=1S/C18H22N2O4/c1-19(13-14-7-8-15(23-2)12-16(14)24-3)17(21)9-11-20-10-5-4-6-18(20)22/h4-8,10,12H,9,11,13H2,1-3H3. The number of ether oxygens (including phenoxy) is 2. The van der Waals surface area contributed by atoms with Crippen molar-refractivity contribution in [3.8, 4) is 11.5 Å². The number of rotatable bonds is 7. The summed E-state index contributed by atoms with van der Waals surface area (Å²) in [5.41, 5.74) is 0.788. The Bertz CT molecular complexity index is 755. The fourth-order valence-corrected chi connectivity index (χ4v) is 2.38. The molecule has 128 valence electrons. The third-order valence-corrected chi connectivity index (χ3v) is 3.79. The molecule has 2 aromatic rings. The Morgan fingerprint density at radius 2 is 1.96 bits per heavy atom. The van der Waals surface area contributed by atoms with E-state index in [1.54, 1.807) is 50.6 Å². The molecule has 1 aromatic heterocycles. The molecule has 0 unspecified atom stereocenters. The van der Waals surface area contributed by atoms with Crippen molar-refractivity contribution >= 4 is 5.91 Å². The summed E-state index contributed by atoms with van der Waals surface area (Å²) in [4.78, 5) is 25.6. The van der Waals surface area contributed by atoms with Crippen molar-refractivity contribution in [2.24, 2.45) is 0 Å². The summed E-state index contributed by atoms with van der Waals surface area (Å²) in [6, 6.07) is 10.4. The van der Waals surface area contributed by atoms with Crippen LogP contribution in [0.1, 0.15) is 12.0 Å². The number of nitrogens with zero attached hydrogens (tertiary/aromatic N) is 2. The Hall–Kier alpha value is -2.76. The number of pyridine rings is 1. The second kappa shape index (κ2) is 8.19. The number of carbonyl (C=O) groups is 1. The van der Waals surface area contributed by atoms with Crippen LogP contribution in [-0.4, -0.2) is 36.6 Å². The van der Waals surface area contributed by atoms with Gasteiger partial charge in [0.15, 0.2) is 0 Å². The molecule has 0 spiro atoms. The summed E-state index contributed by atoms with van der Waals surface area (Å²) < 4.78 is 12.0. The quantitative estimate of drug-likeness (QED) is 0.778. The molecule has 0 saturated carbocycles. The SMILES string of the molecule is COc1ccc(CN(C)C(=O)CCn2ccccc2=O)c(OC)c1. The third-order valence-electron chi connectivity index (χ3n) is 3.79. The van der Waals surface area contributed by atoms with Crippen LogP contribution in [0.5, 0.6) is 11.5 Å². The first kappa shape index (κ1) is 17.6. The summed E-state index contributed by atoms with van der Waals surface area (Å²) in [6.45, 7) is 0.790. The molecule has 0 bridgehead atoms. The van der Waals surface area contributed by atoms with E-state index in [4.69, 9.17) is 9.47 Å². The highest BCUT2D eigenvalue weighted by Gasteiger charge is 2.13. The van der Waals surface area contributed by atoms with Gasteiger partial charge in [-0.2, -0.15) is 0 Å². The molecule has 0 radical (unpaired) electrons. The van der Waals surface area contributed by atoms with E-state index < -0.39 is 0 Å². The minimum absolute atomic E-state index is 0.0383. The van der Waals surface area contributed by atoms with E-state index in [0.29, 0.717) is 24.6 Å². The van der Waals surface area contributed by atoms with Gasteiger partial charge in [0, 0.05) is 50.5 Å². The second-order valence-electron chi connectivity index (χ2n) is 5.41. The maximum Gasteiger partial charge on any atom is 0.250 e. The van der Waals surface area contributed by atoms with Crippen LogP contribution in [-0.2, 0) is 17.9 Å². The van der Waals surface area contributed by atoms with Crippen LogP contribution >= 0.6 is 0 Å². The predicted molar refractivity (Wildman–Crippen MR) is 91.3 cm³/mol. The van der Waals surface area contributed by atoms with Crippen molar-refractivity contribution in [2.45, 2.75) is 19.5 Å². The highest BCUT2D eigenvalue weighted by molar-refractivity contribution is 5.75. The normalized spacial score (nSPS) is 10.3. The van der Waals surface area contributed by atoms with Crippen LogP contribution in [0, 0.1) is 0 Å². The summed E-state index contributed by atoms with van der Waals surface area (Å²) in [7, 11) is 4.91. The highest BCUT2D eigenvalue weighted by atomic mass is 16.5. The third kappa shape index (κ3) is 4.38. The van der Waals surface area contributed by atoms with Gasteiger partial charge in [-0.3, -0.25) is 9.59 Å². The van der Waals surface area contributed by atoms with Crippen molar-refractivity contribution < 1.29 is 14.3 Å². The Morgan fingerprint density at radius 3 is 2.62 bits per heavy atom. The Balaban J connectivity index is 1.99. The summed E-state index contributed by atoms with van der Waals surface area (Å²) in [5.74, 6) is 1.34. The smallest absolute Gasteiger partial charge is 0.250 e. The van der Waals surface area contributed by atoms with Gasteiger partial charge in [0.05, 0.1) is 14.2 Å². The van der Waals surface area contributed by atoms with Crippen LogP contribution < -0.4 is 15.0 Å². The molecule has 6 heteroatoms. The summed E-state index contributed by atoms with van der Waals surface area (Å²) in [5, 5.41) is 0. The first-order chi connectivity index (χ1) is 11.5. The number of benzene rings is 1. The van der Waals surface area contributed by atoms with E-state index in [1.807, 2.05) is 12.1 Å². The lowest BCUT2D eigenvalue weighted by atomic mass is 10.1. The van der Waals surface area contributed by atoms with Gasteiger partial charge in [-0.05, 0) is 18.2 Å². The number of methoxy groups -OCH3 is 2. The molecule has 1 heterocycles. The van der Waals surface area contributed by atoms with Gasteiger partial charge in [0.25, 0.3) is 5.56 Å². The van der Waals surface area contributed by atoms with Crippen molar-refractivity contribution in [1.29, 1.82) is 0 Å². The van der Waals surface area contributed by atoms with Crippen LogP contribution in [0.2, 0.25) is 0 Å². The molecular weight excluding hydrogens is 308 g/mol. The minimum Gasteiger partial charge on any atom is -0.497 e. The van der Waals surface area contributed by atoms with Crippen LogP contribution in [0.25, 0.3) is 0 Å². The van der Waals surface area contributed by atoms with Gasteiger partial charge in [0.2, 0.25) is 5.91 Å². The van der Waals surface area contributed by atoms with Crippen LogP contribution in [0.4, 0.5) is 0 Å². The first-order valence-electron chi connectivity index (χ1n) is 7.65. The van der Waals surface area contributed by atoms with E-state index in [9.17, 15) is 9.59 Å². The van der Waals surface area contributed by atoms with E-state index in [1.165, 1.54) is 10.6 Å².